The second-order valence-electron chi connectivity index (χ2n) is 11.8. The molecule has 9 nitrogen and oxygen atoms in total. The SMILES string of the molecule is COCC1C[C@@H](COCCC(=O)OC(C)(C)C)N(c2cnn(COCC[Si](C)(C)C)c(=O)c2C(F)(F)F)C1. The molecule has 1 saturated heterocycles. The quantitative estimate of drug-likeness (QED) is 0.200. The minimum absolute atomic E-state index is 0.0224. The van der Waals surface area contributed by atoms with E-state index in [0.717, 1.165) is 12.2 Å². The average molecular weight is 566 g/mol. The van der Waals surface area contributed by atoms with Crippen LogP contribution in [0.25, 0.3) is 0 Å². The Bertz CT molecular complexity index is 975. The van der Waals surface area contributed by atoms with Crippen molar-refractivity contribution >= 4 is 19.7 Å². The first-order chi connectivity index (χ1) is 17.5. The van der Waals surface area contributed by atoms with Gasteiger partial charge >= 0.3 is 12.1 Å². The van der Waals surface area contributed by atoms with Gasteiger partial charge in [0.25, 0.3) is 5.56 Å². The Morgan fingerprint density at radius 2 is 1.82 bits per heavy atom. The van der Waals surface area contributed by atoms with E-state index >= 15 is 0 Å². The summed E-state index contributed by atoms with van der Waals surface area (Å²) in [6.07, 6.45) is -3.29. The lowest BCUT2D eigenvalue weighted by Crippen LogP contribution is -2.39. The number of nitrogens with zero attached hydrogens (tertiary/aromatic N) is 3. The third-order valence-corrected chi connectivity index (χ3v) is 7.62. The molecule has 1 unspecified atom stereocenters. The van der Waals surface area contributed by atoms with E-state index in [2.05, 4.69) is 24.7 Å². The number of anilines is 1. The molecule has 0 spiro atoms. The molecule has 0 aromatic carbocycles. The van der Waals surface area contributed by atoms with Crippen molar-refractivity contribution in [2.24, 2.45) is 5.92 Å². The smallest absolute Gasteiger partial charge is 0.423 e. The number of carbonyl (C=O) groups is 1. The van der Waals surface area contributed by atoms with Crippen LogP contribution in [-0.2, 0) is 36.6 Å². The molecular weight excluding hydrogens is 523 g/mol. The highest BCUT2D eigenvalue weighted by molar-refractivity contribution is 6.76. The van der Waals surface area contributed by atoms with Crippen LogP contribution in [0, 0.1) is 5.92 Å². The van der Waals surface area contributed by atoms with Crippen LogP contribution in [0.1, 0.15) is 39.2 Å². The molecule has 2 heterocycles. The minimum Gasteiger partial charge on any atom is -0.460 e. The van der Waals surface area contributed by atoms with Crippen molar-refractivity contribution in [3.8, 4) is 0 Å². The van der Waals surface area contributed by atoms with Gasteiger partial charge in [0, 0.05) is 34.3 Å². The van der Waals surface area contributed by atoms with Crippen molar-refractivity contribution in [1.29, 1.82) is 0 Å². The summed E-state index contributed by atoms with van der Waals surface area (Å²) in [5, 5.41) is 4.01. The number of rotatable bonds is 13. The summed E-state index contributed by atoms with van der Waals surface area (Å²) >= 11 is 0. The number of hydrogen-bond donors (Lipinski definition) is 0. The summed E-state index contributed by atoms with van der Waals surface area (Å²) in [4.78, 5) is 26.4. The summed E-state index contributed by atoms with van der Waals surface area (Å²) < 4.78 is 64.9. The predicted molar refractivity (Wildman–Crippen MR) is 140 cm³/mol. The van der Waals surface area contributed by atoms with E-state index in [4.69, 9.17) is 18.9 Å². The Labute approximate surface area is 223 Å². The van der Waals surface area contributed by atoms with Crippen LogP contribution >= 0.6 is 0 Å². The monoisotopic (exact) mass is 565 g/mol. The number of ether oxygens (including phenoxy) is 4. The lowest BCUT2D eigenvalue weighted by molar-refractivity contribution is -0.156. The van der Waals surface area contributed by atoms with Crippen LogP contribution in [0.4, 0.5) is 18.9 Å². The first-order valence-electron chi connectivity index (χ1n) is 12.8. The first kappa shape index (κ1) is 32.2. The van der Waals surface area contributed by atoms with Gasteiger partial charge in [0.1, 0.15) is 17.9 Å². The van der Waals surface area contributed by atoms with Gasteiger partial charge in [-0.3, -0.25) is 9.59 Å². The van der Waals surface area contributed by atoms with Gasteiger partial charge in [-0.1, -0.05) is 19.6 Å². The predicted octanol–water partition coefficient (Wildman–Crippen LogP) is 4.16. The molecule has 1 aromatic rings. The maximum absolute atomic E-state index is 14.2. The molecule has 0 saturated carbocycles. The lowest BCUT2D eigenvalue weighted by atomic mass is 10.1. The summed E-state index contributed by atoms with van der Waals surface area (Å²) in [7, 11) is 0.133. The average Bonchev–Trinajstić information content (AvgIpc) is 3.15. The maximum atomic E-state index is 14.2. The van der Waals surface area contributed by atoms with Gasteiger partial charge < -0.3 is 23.8 Å². The molecule has 2 atom stereocenters. The highest BCUT2D eigenvalue weighted by Gasteiger charge is 2.43. The molecule has 13 heteroatoms. The van der Waals surface area contributed by atoms with Gasteiger partial charge in [-0.15, -0.1) is 0 Å². The number of hydrogen-bond acceptors (Lipinski definition) is 8. The van der Waals surface area contributed by atoms with Crippen LogP contribution < -0.4 is 10.5 Å². The molecule has 1 aliphatic rings. The van der Waals surface area contributed by atoms with Crippen molar-refractivity contribution in [1.82, 2.24) is 9.78 Å². The zero-order valence-electron chi connectivity index (χ0n) is 23.5. The van der Waals surface area contributed by atoms with E-state index in [9.17, 15) is 22.8 Å². The number of halogens is 3. The molecule has 0 bridgehead atoms. The second kappa shape index (κ2) is 13.4. The van der Waals surface area contributed by atoms with Crippen molar-refractivity contribution in [2.75, 3.05) is 45.0 Å². The molecule has 1 aliphatic heterocycles. The zero-order valence-corrected chi connectivity index (χ0v) is 24.5. The fourth-order valence-corrected chi connectivity index (χ4v) is 4.93. The molecular formula is C25H42F3N3O6Si. The number of aromatic nitrogens is 2. The van der Waals surface area contributed by atoms with Crippen LogP contribution in [-0.4, -0.2) is 75.5 Å². The fourth-order valence-electron chi connectivity index (χ4n) is 4.18. The number of methoxy groups -OCH3 is 1. The summed E-state index contributed by atoms with van der Waals surface area (Å²) in [5.74, 6) is -0.481. The number of alkyl halides is 3. The maximum Gasteiger partial charge on any atom is 0.423 e. The van der Waals surface area contributed by atoms with Crippen molar-refractivity contribution in [3.05, 3.63) is 22.1 Å². The van der Waals surface area contributed by atoms with Gasteiger partial charge in [0.05, 0.1) is 44.2 Å². The fraction of sp³-hybridized carbons (Fsp3) is 0.800. The summed E-state index contributed by atoms with van der Waals surface area (Å²) in [5.41, 5.74) is -3.44. The third-order valence-electron chi connectivity index (χ3n) is 5.91. The van der Waals surface area contributed by atoms with E-state index in [1.165, 1.54) is 12.0 Å². The topological polar surface area (TPSA) is 92.1 Å². The number of esters is 1. The van der Waals surface area contributed by atoms with Crippen LogP contribution in [0.3, 0.4) is 0 Å². The molecule has 1 fully saturated rings. The van der Waals surface area contributed by atoms with Crippen molar-refractivity contribution in [3.63, 3.8) is 0 Å². The van der Waals surface area contributed by atoms with Crippen molar-refractivity contribution < 1.29 is 36.9 Å². The van der Waals surface area contributed by atoms with E-state index in [1.807, 2.05) is 0 Å². The first-order valence-corrected chi connectivity index (χ1v) is 16.5. The minimum atomic E-state index is -4.89. The van der Waals surface area contributed by atoms with E-state index in [-0.39, 0.29) is 44.5 Å². The standard InChI is InChI=1S/C25H42F3N3O6Si/c1-24(2,3)37-21(32)8-9-35-16-19-12-18(15-34-4)14-30(19)20-13-29-31(17-36-10-11-38(5,6)7)23(33)22(20)25(26,27)28/h13,18-19H,8-12,14-17H2,1-7H3/t18?,19-/m0/s1. The number of carbonyl (C=O) groups excluding carboxylic acids is 1. The Hall–Kier alpha value is -1.96. The third kappa shape index (κ3) is 10.3. The Kier molecular flexibility index (Phi) is 11.4. The molecule has 38 heavy (non-hydrogen) atoms. The Balaban J connectivity index is 2.20. The molecule has 2 rings (SSSR count). The van der Waals surface area contributed by atoms with E-state index in [1.54, 1.807) is 20.8 Å². The molecule has 218 valence electrons. The summed E-state index contributed by atoms with van der Waals surface area (Å²) in [6, 6.07) is 0.357. The van der Waals surface area contributed by atoms with E-state index in [0.29, 0.717) is 24.3 Å². The van der Waals surface area contributed by atoms with Crippen LogP contribution in [0.15, 0.2) is 11.0 Å². The molecule has 1 aromatic heterocycles. The van der Waals surface area contributed by atoms with Gasteiger partial charge in [0.15, 0.2) is 0 Å². The normalized spacial score (nSPS) is 18.7. The molecule has 0 amide bonds. The van der Waals surface area contributed by atoms with Gasteiger partial charge in [-0.2, -0.15) is 18.3 Å². The van der Waals surface area contributed by atoms with Gasteiger partial charge in [-0.05, 0) is 33.2 Å². The van der Waals surface area contributed by atoms with Gasteiger partial charge in [0.2, 0.25) is 0 Å². The molecule has 0 radical (unpaired) electrons. The lowest BCUT2D eigenvalue weighted by Gasteiger charge is -2.29. The Morgan fingerprint density at radius 3 is 2.39 bits per heavy atom. The second-order valence-corrected chi connectivity index (χ2v) is 17.5. The zero-order chi connectivity index (χ0) is 28.7. The largest absolute Gasteiger partial charge is 0.460 e. The highest BCUT2D eigenvalue weighted by Crippen LogP contribution is 2.38. The van der Waals surface area contributed by atoms with Crippen molar-refractivity contribution in [2.45, 2.75) is 83.8 Å². The summed E-state index contributed by atoms with van der Waals surface area (Å²) in [6.45, 7) is 12.5. The van der Waals surface area contributed by atoms with E-state index < -0.39 is 43.0 Å². The van der Waals surface area contributed by atoms with Crippen LogP contribution in [0.2, 0.25) is 25.7 Å². The van der Waals surface area contributed by atoms with Gasteiger partial charge in [-0.25, -0.2) is 4.68 Å². The highest BCUT2D eigenvalue weighted by atomic mass is 28.3. The molecule has 0 aliphatic carbocycles. The molecule has 0 N–H and O–H groups in total. The van der Waals surface area contributed by atoms with Crippen LogP contribution in [0.5, 0.6) is 0 Å². The Morgan fingerprint density at radius 1 is 1.13 bits per heavy atom.